The normalized spacial score (nSPS) is 13.6. The molecule has 11 heteroatoms. The first-order valence-electron chi connectivity index (χ1n) is 10.6. The van der Waals surface area contributed by atoms with Gasteiger partial charge in [-0.1, -0.05) is 5.21 Å². The van der Waals surface area contributed by atoms with Crippen molar-refractivity contribution in [2.45, 2.75) is 32.7 Å². The van der Waals surface area contributed by atoms with Crippen LogP contribution in [-0.2, 0) is 25.7 Å². The molecular weight excluding hydrogens is 447 g/mol. The quantitative estimate of drug-likeness (QED) is 0.440. The maximum atomic E-state index is 12.8. The molecule has 0 bridgehead atoms. The van der Waals surface area contributed by atoms with E-state index >= 15 is 0 Å². The lowest BCUT2D eigenvalue weighted by molar-refractivity contribution is -0.141. The largest absolute Gasteiger partial charge is 0.471 e. The number of hydrogen-bond donors (Lipinski definition) is 0. The Morgan fingerprint density at radius 3 is 2.65 bits per heavy atom. The molecule has 5 rings (SSSR count). The van der Waals surface area contributed by atoms with Crippen LogP contribution in [0.4, 0.5) is 18.9 Å². The summed E-state index contributed by atoms with van der Waals surface area (Å²) in [6.45, 7) is 3.46. The zero-order valence-electron chi connectivity index (χ0n) is 18.2. The second-order valence-corrected chi connectivity index (χ2v) is 7.90. The smallest absolute Gasteiger partial charge is 0.433 e. The molecule has 0 fully saturated rings. The number of pyridine rings is 3. The lowest BCUT2D eigenvalue weighted by atomic mass is 10.0. The topological polar surface area (TPSA) is 81.8 Å². The van der Waals surface area contributed by atoms with E-state index in [1.165, 1.54) is 16.3 Å². The van der Waals surface area contributed by atoms with E-state index in [9.17, 15) is 13.2 Å². The van der Waals surface area contributed by atoms with Crippen molar-refractivity contribution in [2.75, 3.05) is 11.4 Å². The molecule has 0 spiro atoms. The molecular formula is C23H20F3N7O. The minimum atomic E-state index is -4.50. The Kier molecular flexibility index (Phi) is 5.60. The SMILES string of the molecule is Cc1nnn(-c2ccc(C(F)(F)F)nc2)c1COc1cc2c(cn1)CN(c1cccnc1)CC2. The van der Waals surface area contributed by atoms with Gasteiger partial charge in [0.25, 0.3) is 0 Å². The van der Waals surface area contributed by atoms with Crippen LogP contribution in [0.15, 0.2) is 55.1 Å². The third-order valence-electron chi connectivity index (χ3n) is 5.68. The molecule has 0 amide bonds. The summed E-state index contributed by atoms with van der Waals surface area (Å²) in [5, 5.41) is 8.07. The number of rotatable bonds is 5. The van der Waals surface area contributed by atoms with Gasteiger partial charge in [0.1, 0.15) is 18.0 Å². The second kappa shape index (κ2) is 8.73. The molecule has 174 valence electrons. The van der Waals surface area contributed by atoms with Crippen LogP contribution in [0.25, 0.3) is 5.69 Å². The highest BCUT2D eigenvalue weighted by molar-refractivity contribution is 5.47. The van der Waals surface area contributed by atoms with Crippen LogP contribution in [0.2, 0.25) is 0 Å². The first-order chi connectivity index (χ1) is 16.4. The fourth-order valence-electron chi connectivity index (χ4n) is 3.83. The molecule has 8 nitrogen and oxygen atoms in total. The highest BCUT2D eigenvalue weighted by atomic mass is 19.4. The van der Waals surface area contributed by atoms with E-state index < -0.39 is 11.9 Å². The monoisotopic (exact) mass is 467 g/mol. The number of hydrogen-bond acceptors (Lipinski definition) is 7. The van der Waals surface area contributed by atoms with Gasteiger partial charge in [-0.05, 0) is 48.7 Å². The van der Waals surface area contributed by atoms with Crippen molar-refractivity contribution in [1.29, 1.82) is 0 Å². The van der Waals surface area contributed by atoms with Crippen molar-refractivity contribution < 1.29 is 17.9 Å². The lowest BCUT2D eigenvalue weighted by Gasteiger charge is -2.30. The average molecular weight is 467 g/mol. The average Bonchev–Trinajstić information content (AvgIpc) is 3.22. The number of nitrogens with zero attached hydrogens (tertiary/aromatic N) is 7. The molecule has 0 saturated heterocycles. The highest BCUT2D eigenvalue weighted by Gasteiger charge is 2.32. The van der Waals surface area contributed by atoms with Gasteiger partial charge in [0, 0.05) is 31.5 Å². The standard InChI is InChI=1S/C23H20F3N7O/c1-15-20(33(31-30-15)19-4-5-21(28-12-19)23(24,25)26)14-34-22-9-16-6-8-32(13-17(16)10-29-22)18-3-2-7-27-11-18/h2-5,7,9-12H,6,8,13-14H2,1H3. The zero-order valence-corrected chi connectivity index (χ0v) is 18.2. The van der Waals surface area contributed by atoms with Crippen LogP contribution in [0.1, 0.15) is 28.2 Å². The van der Waals surface area contributed by atoms with Crippen molar-refractivity contribution in [3.8, 4) is 11.6 Å². The van der Waals surface area contributed by atoms with Crippen molar-refractivity contribution in [1.82, 2.24) is 29.9 Å². The Balaban J connectivity index is 1.30. The summed E-state index contributed by atoms with van der Waals surface area (Å²) in [5.74, 6) is 0.464. The van der Waals surface area contributed by atoms with E-state index in [1.54, 1.807) is 13.1 Å². The highest BCUT2D eigenvalue weighted by Crippen LogP contribution is 2.28. The zero-order chi connectivity index (χ0) is 23.7. The molecule has 4 aromatic rings. The maximum absolute atomic E-state index is 12.8. The summed E-state index contributed by atoms with van der Waals surface area (Å²) in [7, 11) is 0. The predicted octanol–water partition coefficient (Wildman–Crippen LogP) is 3.92. The number of ether oxygens (including phenoxy) is 1. The van der Waals surface area contributed by atoms with Crippen LogP contribution in [0.3, 0.4) is 0 Å². The van der Waals surface area contributed by atoms with Gasteiger partial charge in [-0.2, -0.15) is 13.2 Å². The van der Waals surface area contributed by atoms with Crippen LogP contribution in [0.5, 0.6) is 5.88 Å². The fourth-order valence-corrected chi connectivity index (χ4v) is 3.83. The van der Waals surface area contributed by atoms with Gasteiger partial charge < -0.3 is 9.64 Å². The van der Waals surface area contributed by atoms with Crippen LogP contribution < -0.4 is 9.64 Å². The summed E-state index contributed by atoms with van der Waals surface area (Å²) in [6.07, 6.45) is 2.88. The molecule has 1 aliphatic heterocycles. The molecule has 0 radical (unpaired) electrons. The minimum absolute atomic E-state index is 0.105. The molecule has 1 aliphatic rings. The van der Waals surface area contributed by atoms with Crippen molar-refractivity contribution in [3.63, 3.8) is 0 Å². The molecule has 0 atom stereocenters. The summed E-state index contributed by atoms with van der Waals surface area (Å²) < 4.78 is 45.8. The Bertz CT molecular complexity index is 1290. The number of halogens is 3. The Hall–Kier alpha value is -4.02. The van der Waals surface area contributed by atoms with Crippen LogP contribution in [0, 0.1) is 6.92 Å². The fraction of sp³-hybridized carbons (Fsp3) is 0.261. The van der Waals surface area contributed by atoms with Gasteiger partial charge in [-0.15, -0.1) is 5.10 Å². The summed E-state index contributed by atoms with van der Waals surface area (Å²) in [4.78, 5) is 14.4. The van der Waals surface area contributed by atoms with Gasteiger partial charge in [-0.3, -0.25) is 4.98 Å². The Morgan fingerprint density at radius 1 is 1.03 bits per heavy atom. The van der Waals surface area contributed by atoms with Crippen LogP contribution >= 0.6 is 0 Å². The van der Waals surface area contributed by atoms with Crippen molar-refractivity contribution >= 4 is 5.69 Å². The first-order valence-corrected chi connectivity index (χ1v) is 10.6. The minimum Gasteiger partial charge on any atom is -0.471 e. The number of alkyl halides is 3. The van der Waals surface area contributed by atoms with E-state index in [2.05, 4.69) is 30.2 Å². The number of anilines is 1. The van der Waals surface area contributed by atoms with E-state index in [1.807, 2.05) is 30.6 Å². The number of aromatic nitrogens is 6. The molecule has 0 N–H and O–H groups in total. The summed E-state index contributed by atoms with van der Waals surface area (Å²) in [5.41, 5.74) is 3.96. The van der Waals surface area contributed by atoms with E-state index in [-0.39, 0.29) is 6.61 Å². The van der Waals surface area contributed by atoms with Gasteiger partial charge in [0.15, 0.2) is 0 Å². The molecule has 5 heterocycles. The Labute approximate surface area is 193 Å². The summed E-state index contributed by atoms with van der Waals surface area (Å²) >= 11 is 0. The number of fused-ring (bicyclic) bond motifs is 1. The van der Waals surface area contributed by atoms with E-state index in [0.717, 1.165) is 43.0 Å². The number of aryl methyl sites for hydroxylation is 1. The summed E-state index contributed by atoms with van der Waals surface area (Å²) in [6, 6.07) is 8.10. The van der Waals surface area contributed by atoms with E-state index in [4.69, 9.17) is 4.74 Å². The molecule has 0 aromatic carbocycles. The molecule has 4 aromatic heterocycles. The van der Waals surface area contributed by atoms with Crippen molar-refractivity contribution in [2.24, 2.45) is 0 Å². The van der Waals surface area contributed by atoms with Gasteiger partial charge in [0.2, 0.25) is 5.88 Å². The molecule has 0 unspecified atom stereocenters. The van der Waals surface area contributed by atoms with Gasteiger partial charge in [-0.25, -0.2) is 14.6 Å². The third kappa shape index (κ3) is 4.41. The first kappa shape index (κ1) is 21.8. The van der Waals surface area contributed by atoms with Gasteiger partial charge >= 0.3 is 6.18 Å². The molecule has 0 aliphatic carbocycles. The van der Waals surface area contributed by atoms with Crippen molar-refractivity contribution in [3.05, 3.63) is 83.3 Å². The predicted molar refractivity (Wildman–Crippen MR) is 116 cm³/mol. The maximum Gasteiger partial charge on any atom is 0.433 e. The molecule has 0 saturated carbocycles. The van der Waals surface area contributed by atoms with Gasteiger partial charge in [0.05, 0.1) is 29.5 Å². The molecule has 34 heavy (non-hydrogen) atoms. The third-order valence-corrected chi connectivity index (χ3v) is 5.68. The van der Waals surface area contributed by atoms with Crippen LogP contribution in [-0.4, -0.2) is 36.5 Å². The Morgan fingerprint density at radius 2 is 1.91 bits per heavy atom. The second-order valence-electron chi connectivity index (χ2n) is 7.90. The lowest BCUT2D eigenvalue weighted by Crippen LogP contribution is -2.30. The van der Waals surface area contributed by atoms with E-state index in [0.29, 0.717) is 23.0 Å².